The third-order valence-corrected chi connectivity index (χ3v) is 5.74. The van der Waals surface area contributed by atoms with Crippen LogP contribution in [0.25, 0.3) is 11.0 Å². The molecule has 9 nitrogen and oxygen atoms in total. The van der Waals surface area contributed by atoms with Crippen molar-refractivity contribution in [1.82, 2.24) is 14.9 Å². The minimum Gasteiger partial charge on any atom is -0.485 e. The van der Waals surface area contributed by atoms with Gasteiger partial charge in [0.05, 0.1) is 40.6 Å². The molecule has 0 atom stereocenters. The number of halogens is 1. The Labute approximate surface area is 190 Å². The molecule has 3 aromatic rings. The lowest BCUT2D eigenvalue weighted by Gasteiger charge is -2.29. The number of hydrogen-bond donors (Lipinski definition) is 3. The highest BCUT2D eigenvalue weighted by Crippen LogP contribution is 2.42. The van der Waals surface area contributed by atoms with E-state index in [1.165, 1.54) is 0 Å². The molecule has 2 aliphatic heterocycles. The highest BCUT2D eigenvalue weighted by atomic mass is 35.5. The molecule has 3 N–H and O–H groups in total. The van der Waals surface area contributed by atoms with Crippen LogP contribution in [-0.4, -0.2) is 66.8 Å². The predicted molar refractivity (Wildman–Crippen MR) is 123 cm³/mol. The number of hydrogen-bond acceptors (Lipinski definition) is 7. The first-order valence-electron chi connectivity index (χ1n) is 10.6. The van der Waals surface area contributed by atoms with Gasteiger partial charge in [-0.15, -0.1) is 0 Å². The molecule has 0 spiro atoms. The molecule has 4 heterocycles. The summed E-state index contributed by atoms with van der Waals surface area (Å²) in [4.78, 5) is 22.6. The molecule has 1 aromatic carbocycles. The molecule has 32 heavy (non-hydrogen) atoms. The third-order valence-electron chi connectivity index (χ3n) is 5.44. The average molecular weight is 458 g/mol. The van der Waals surface area contributed by atoms with Crippen LogP contribution in [0.1, 0.15) is 17.3 Å². The Bertz CT molecular complexity index is 1160. The Hall–Kier alpha value is -3.17. The number of anilines is 3. The molecule has 0 unspecified atom stereocenters. The van der Waals surface area contributed by atoms with Crippen LogP contribution < -0.4 is 20.1 Å². The molecule has 2 aliphatic rings. The van der Waals surface area contributed by atoms with E-state index in [4.69, 9.17) is 25.8 Å². The monoisotopic (exact) mass is 457 g/mol. The van der Waals surface area contributed by atoms with E-state index in [9.17, 15) is 4.79 Å². The van der Waals surface area contributed by atoms with Gasteiger partial charge in [-0.05, 0) is 19.1 Å². The topological polar surface area (TPSA) is 101 Å². The van der Waals surface area contributed by atoms with Gasteiger partial charge < -0.3 is 34.7 Å². The number of H-pyrrole nitrogens is 1. The standard InChI is InChI=1S/C22H24ClN5O4/c1-2-24-16-11-17(27-21-18(16)14(23)12-25-21)26-15-4-3-13(19-20(15)32-10-9-31-19)22(29)28-5-7-30-8-6-28/h3-4,11-12H,2,5-10H2,1H3,(H3,24,25,26,27). The molecule has 1 fully saturated rings. The summed E-state index contributed by atoms with van der Waals surface area (Å²) in [6, 6.07) is 5.49. The number of ether oxygens (including phenoxy) is 3. The van der Waals surface area contributed by atoms with E-state index in [1.807, 2.05) is 19.1 Å². The van der Waals surface area contributed by atoms with Gasteiger partial charge in [-0.3, -0.25) is 4.79 Å². The summed E-state index contributed by atoms with van der Waals surface area (Å²) < 4.78 is 17.2. The second-order valence-electron chi connectivity index (χ2n) is 7.49. The van der Waals surface area contributed by atoms with E-state index in [1.54, 1.807) is 17.2 Å². The summed E-state index contributed by atoms with van der Waals surface area (Å²) in [7, 11) is 0. The number of fused-ring (bicyclic) bond motifs is 2. The first-order valence-corrected chi connectivity index (χ1v) is 11.0. The van der Waals surface area contributed by atoms with Crippen LogP contribution in [0.5, 0.6) is 11.5 Å². The van der Waals surface area contributed by atoms with Crippen LogP contribution in [0.3, 0.4) is 0 Å². The fraction of sp³-hybridized carbons (Fsp3) is 0.364. The lowest BCUT2D eigenvalue weighted by atomic mass is 10.1. The number of aromatic nitrogens is 2. The van der Waals surface area contributed by atoms with E-state index < -0.39 is 0 Å². The Morgan fingerprint density at radius 3 is 2.72 bits per heavy atom. The Morgan fingerprint density at radius 1 is 1.16 bits per heavy atom. The van der Waals surface area contributed by atoms with E-state index >= 15 is 0 Å². The molecule has 10 heteroatoms. The van der Waals surface area contributed by atoms with E-state index in [0.29, 0.717) is 78.8 Å². The number of carbonyl (C=O) groups excluding carboxylic acids is 1. The number of carbonyl (C=O) groups is 1. The van der Waals surface area contributed by atoms with Gasteiger partial charge in [0, 0.05) is 31.9 Å². The Kier molecular flexibility index (Phi) is 5.67. The number of nitrogens with zero attached hydrogens (tertiary/aromatic N) is 2. The van der Waals surface area contributed by atoms with Crippen molar-refractivity contribution < 1.29 is 19.0 Å². The normalized spacial score (nSPS) is 15.6. The molecule has 1 amide bonds. The summed E-state index contributed by atoms with van der Waals surface area (Å²) in [5.74, 6) is 1.48. The first kappa shape index (κ1) is 20.7. The summed E-state index contributed by atoms with van der Waals surface area (Å²) in [6.45, 7) is 5.74. The fourth-order valence-electron chi connectivity index (χ4n) is 3.97. The largest absolute Gasteiger partial charge is 0.485 e. The van der Waals surface area contributed by atoms with E-state index in [0.717, 1.165) is 17.6 Å². The van der Waals surface area contributed by atoms with E-state index in [2.05, 4.69) is 20.6 Å². The SMILES string of the molecule is CCNc1cc(Nc2ccc(C(=O)N3CCOCC3)c3c2OCCO3)nc2[nH]cc(Cl)c12. The van der Waals surface area contributed by atoms with Crippen LogP contribution in [0.4, 0.5) is 17.2 Å². The van der Waals surface area contributed by atoms with Crippen molar-refractivity contribution in [3.8, 4) is 11.5 Å². The molecule has 5 rings (SSSR count). The molecule has 0 radical (unpaired) electrons. The number of aromatic amines is 1. The van der Waals surface area contributed by atoms with Gasteiger partial charge in [-0.25, -0.2) is 4.98 Å². The van der Waals surface area contributed by atoms with Crippen molar-refractivity contribution in [3.63, 3.8) is 0 Å². The van der Waals surface area contributed by atoms with Crippen molar-refractivity contribution in [3.05, 3.63) is 35.0 Å². The zero-order valence-electron chi connectivity index (χ0n) is 17.7. The second-order valence-corrected chi connectivity index (χ2v) is 7.90. The number of benzene rings is 1. The Balaban J connectivity index is 1.50. The smallest absolute Gasteiger partial charge is 0.257 e. The number of rotatable bonds is 5. The lowest BCUT2D eigenvalue weighted by Crippen LogP contribution is -2.41. The van der Waals surface area contributed by atoms with Crippen molar-refractivity contribution in [2.45, 2.75) is 6.92 Å². The second kappa shape index (κ2) is 8.76. The lowest BCUT2D eigenvalue weighted by molar-refractivity contribution is 0.0298. The summed E-state index contributed by atoms with van der Waals surface area (Å²) in [5.41, 5.74) is 2.70. The Morgan fingerprint density at radius 2 is 1.94 bits per heavy atom. The van der Waals surface area contributed by atoms with Crippen molar-refractivity contribution in [1.29, 1.82) is 0 Å². The number of morpholine rings is 1. The quantitative estimate of drug-likeness (QED) is 0.537. The summed E-state index contributed by atoms with van der Waals surface area (Å²) in [6.07, 6.45) is 1.72. The van der Waals surface area contributed by atoms with Gasteiger partial charge in [0.15, 0.2) is 11.5 Å². The maximum absolute atomic E-state index is 13.1. The van der Waals surface area contributed by atoms with Crippen LogP contribution in [0.15, 0.2) is 24.4 Å². The van der Waals surface area contributed by atoms with Gasteiger partial charge >= 0.3 is 0 Å². The predicted octanol–water partition coefficient (Wildman–Crippen LogP) is 3.64. The van der Waals surface area contributed by atoms with Gasteiger partial charge in [0.1, 0.15) is 24.7 Å². The molecule has 1 saturated heterocycles. The van der Waals surface area contributed by atoms with Crippen molar-refractivity contribution in [2.75, 3.05) is 56.7 Å². The van der Waals surface area contributed by atoms with E-state index in [-0.39, 0.29) is 5.91 Å². The zero-order chi connectivity index (χ0) is 22.1. The van der Waals surface area contributed by atoms with Gasteiger partial charge in [0.2, 0.25) is 0 Å². The maximum atomic E-state index is 13.1. The van der Waals surface area contributed by atoms with Gasteiger partial charge in [0.25, 0.3) is 5.91 Å². The summed E-state index contributed by atoms with van der Waals surface area (Å²) in [5, 5.41) is 8.09. The molecule has 0 bridgehead atoms. The molecule has 0 aliphatic carbocycles. The molecule has 0 saturated carbocycles. The van der Waals surface area contributed by atoms with Crippen LogP contribution in [-0.2, 0) is 4.74 Å². The maximum Gasteiger partial charge on any atom is 0.257 e. The number of amides is 1. The number of nitrogens with one attached hydrogen (secondary N) is 3. The minimum atomic E-state index is -0.0865. The zero-order valence-corrected chi connectivity index (χ0v) is 18.4. The highest BCUT2D eigenvalue weighted by Gasteiger charge is 2.28. The number of pyridine rings is 1. The molecular weight excluding hydrogens is 434 g/mol. The fourth-order valence-corrected chi connectivity index (χ4v) is 4.21. The average Bonchev–Trinajstić information content (AvgIpc) is 3.20. The highest BCUT2D eigenvalue weighted by molar-refractivity contribution is 6.36. The van der Waals surface area contributed by atoms with Crippen molar-refractivity contribution in [2.24, 2.45) is 0 Å². The minimum absolute atomic E-state index is 0.0865. The first-order chi connectivity index (χ1) is 15.7. The molecule has 2 aromatic heterocycles. The summed E-state index contributed by atoms with van der Waals surface area (Å²) >= 11 is 6.32. The molecular formula is C22H24ClN5O4. The van der Waals surface area contributed by atoms with Gasteiger partial charge in [-0.1, -0.05) is 11.6 Å². The molecule has 168 valence electrons. The third kappa shape index (κ3) is 3.78. The van der Waals surface area contributed by atoms with Gasteiger partial charge in [-0.2, -0.15) is 0 Å². The van der Waals surface area contributed by atoms with Crippen LogP contribution in [0.2, 0.25) is 5.02 Å². The van der Waals surface area contributed by atoms with Crippen molar-refractivity contribution >= 4 is 45.7 Å². The van der Waals surface area contributed by atoms with Crippen LogP contribution >= 0.6 is 11.6 Å². The van der Waals surface area contributed by atoms with Crippen LogP contribution in [0, 0.1) is 0 Å².